The monoisotopic (exact) mass is 382 g/mol. The van der Waals surface area contributed by atoms with E-state index in [0.717, 1.165) is 11.3 Å². The molecule has 0 atom stereocenters. The molecular weight excluding hydrogens is 356 g/mol. The van der Waals surface area contributed by atoms with Gasteiger partial charge in [0, 0.05) is 31.7 Å². The van der Waals surface area contributed by atoms with Gasteiger partial charge < -0.3 is 19.3 Å². The van der Waals surface area contributed by atoms with E-state index in [1.165, 1.54) is 5.56 Å². The van der Waals surface area contributed by atoms with Gasteiger partial charge in [-0.3, -0.25) is 9.59 Å². The van der Waals surface area contributed by atoms with Crippen molar-refractivity contribution in [2.75, 3.05) is 39.9 Å². The SMILES string of the molecule is COc1ccc(OCC(=O)N2CCN(C(=O)c3ccc(C)c(C)c3)CC2)cc1. The van der Waals surface area contributed by atoms with Crippen molar-refractivity contribution < 1.29 is 19.1 Å². The van der Waals surface area contributed by atoms with Gasteiger partial charge in [-0.05, 0) is 61.4 Å². The van der Waals surface area contributed by atoms with Gasteiger partial charge in [0.2, 0.25) is 0 Å². The van der Waals surface area contributed by atoms with Crippen molar-refractivity contribution in [3.05, 3.63) is 59.2 Å². The molecule has 1 fully saturated rings. The molecule has 28 heavy (non-hydrogen) atoms. The Balaban J connectivity index is 1.49. The lowest BCUT2D eigenvalue weighted by atomic mass is 10.1. The zero-order chi connectivity index (χ0) is 20.1. The second-order valence-electron chi connectivity index (χ2n) is 6.94. The summed E-state index contributed by atoms with van der Waals surface area (Å²) in [7, 11) is 1.60. The van der Waals surface area contributed by atoms with Crippen LogP contribution in [0.4, 0.5) is 0 Å². The Hall–Kier alpha value is -3.02. The first-order chi connectivity index (χ1) is 13.5. The Morgan fingerprint density at radius 1 is 0.857 bits per heavy atom. The molecule has 1 saturated heterocycles. The molecule has 0 unspecified atom stereocenters. The second-order valence-corrected chi connectivity index (χ2v) is 6.94. The molecule has 6 nitrogen and oxygen atoms in total. The summed E-state index contributed by atoms with van der Waals surface area (Å²) in [5.74, 6) is 1.31. The highest BCUT2D eigenvalue weighted by atomic mass is 16.5. The van der Waals surface area contributed by atoms with Gasteiger partial charge in [-0.15, -0.1) is 0 Å². The highest BCUT2D eigenvalue weighted by Gasteiger charge is 2.25. The van der Waals surface area contributed by atoms with Crippen LogP contribution in [0.3, 0.4) is 0 Å². The summed E-state index contributed by atoms with van der Waals surface area (Å²) in [6.07, 6.45) is 0. The van der Waals surface area contributed by atoms with Crippen LogP contribution in [-0.2, 0) is 4.79 Å². The fraction of sp³-hybridized carbons (Fsp3) is 0.364. The molecule has 1 heterocycles. The highest BCUT2D eigenvalue weighted by Crippen LogP contribution is 2.17. The van der Waals surface area contributed by atoms with E-state index in [1.54, 1.807) is 41.2 Å². The predicted molar refractivity (Wildman–Crippen MR) is 107 cm³/mol. The lowest BCUT2D eigenvalue weighted by Gasteiger charge is -2.34. The number of carbonyl (C=O) groups excluding carboxylic acids is 2. The fourth-order valence-electron chi connectivity index (χ4n) is 3.12. The predicted octanol–water partition coefficient (Wildman–Crippen LogP) is 2.68. The van der Waals surface area contributed by atoms with Crippen LogP contribution in [0.25, 0.3) is 0 Å². The number of methoxy groups -OCH3 is 1. The van der Waals surface area contributed by atoms with Crippen molar-refractivity contribution in [1.82, 2.24) is 9.80 Å². The van der Waals surface area contributed by atoms with Crippen LogP contribution in [0, 0.1) is 13.8 Å². The van der Waals surface area contributed by atoms with E-state index in [-0.39, 0.29) is 18.4 Å². The number of nitrogens with zero attached hydrogens (tertiary/aromatic N) is 2. The first-order valence-electron chi connectivity index (χ1n) is 9.39. The number of aryl methyl sites for hydroxylation is 2. The van der Waals surface area contributed by atoms with Gasteiger partial charge in [0.05, 0.1) is 7.11 Å². The van der Waals surface area contributed by atoms with E-state index in [9.17, 15) is 9.59 Å². The summed E-state index contributed by atoms with van der Waals surface area (Å²) in [4.78, 5) is 28.6. The van der Waals surface area contributed by atoms with Crippen molar-refractivity contribution >= 4 is 11.8 Å². The molecule has 3 rings (SSSR count). The van der Waals surface area contributed by atoms with Gasteiger partial charge in [0.1, 0.15) is 11.5 Å². The lowest BCUT2D eigenvalue weighted by Crippen LogP contribution is -2.51. The van der Waals surface area contributed by atoms with E-state index in [0.29, 0.717) is 37.5 Å². The number of hydrogen-bond acceptors (Lipinski definition) is 4. The number of ether oxygens (including phenoxy) is 2. The zero-order valence-corrected chi connectivity index (χ0v) is 16.6. The number of rotatable bonds is 5. The summed E-state index contributed by atoms with van der Waals surface area (Å²) in [5, 5.41) is 0. The smallest absolute Gasteiger partial charge is 0.260 e. The van der Waals surface area contributed by atoms with Crippen LogP contribution in [0.15, 0.2) is 42.5 Å². The van der Waals surface area contributed by atoms with Crippen molar-refractivity contribution in [1.29, 1.82) is 0 Å². The van der Waals surface area contributed by atoms with Crippen LogP contribution in [-0.4, -0.2) is 61.5 Å². The Labute approximate surface area is 165 Å². The van der Waals surface area contributed by atoms with E-state index in [2.05, 4.69) is 0 Å². The fourth-order valence-corrected chi connectivity index (χ4v) is 3.12. The number of hydrogen-bond donors (Lipinski definition) is 0. The largest absolute Gasteiger partial charge is 0.497 e. The van der Waals surface area contributed by atoms with Crippen molar-refractivity contribution in [3.63, 3.8) is 0 Å². The van der Waals surface area contributed by atoms with Gasteiger partial charge >= 0.3 is 0 Å². The Kier molecular flexibility index (Phi) is 6.19. The third-order valence-electron chi connectivity index (χ3n) is 5.10. The van der Waals surface area contributed by atoms with Gasteiger partial charge in [0.25, 0.3) is 11.8 Å². The average molecular weight is 382 g/mol. The molecule has 0 radical (unpaired) electrons. The molecule has 1 aliphatic heterocycles. The zero-order valence-electron chi connectivity index (χ0n) is 16.6. The lowest BCUT2D eigenvalue weighted by molar-refractivity contribution is -0.134. The van der Waals surface area contributed by atoms with Crippen LogP contribution >= 0.6 is 0 Å². The maximum atomic E-state index is 12.7. The summed E-state index contributed by atoms with van der Waals surface area (Å²) in [5.41, 5.74) is 2.98. The molecule has 0 N–H and O–H groups in total. The molecule has 0 bridgehead atoms. The molecule has 0 saturated carbocycles. The number of amides is 2. The second kappa shape index (κ2) is 8.78. The Morgan fingerprint density at radius 2 is 1.46 bits per heavy atom. The van der Waals surface area contributed by atoms with Crippen molar-refractivity contribution in [2.24, 2.45) is 0 Å². The topological polar surface area (TPSA) is 59.1 Å². The summed E-state index contributed by atoms with van der Waals surface area (Å²) in [6, 6.07) is 12.9. The third-order valence-corrected chi connectivity index (χ3v) is 5.10. The van der Waals surface area contributed by atoms with E-state index >= 15 is 0 Å². The molecule has 1 aliphatic rings. The first kappa shape index (κ1) is 19.7. The quantitative estimate of drug-likeness (QED) is 0.798. The number of benzene rings is 2. The number of carbonyl (C=O) groups is 2. The van der Waals surface area contributed by atoms with Gasteiger partial charge in [0.15, 0.2) is 6.61 Å². The van der Waals surface area contributed by atoms with Gasteiger partial charge in [-0.25, -0.2) is 0 Å². The minimum Gasteiger partial charge on any atom is -0.497 e. The summed E-state index contributed by atoms with van der Waals surface area (Å²) in [6.45, 7) is 6.10. The molecule has 2 amide bonds. The first-order valence-corrected chi connectivity index (χ1v) is 9.39. The maximum Gasteiger partial charge on any atom is 0.260 e. The normalized spacial score (nSPS) is 14.0. The highest BCUT2D eigenvalue weighted by molar-refractivity contribution is 5.94. The minimum atomic E-state index is -0.0749. The van der Waals surface area contributed by atoms with Crippen molar-refractivity contribution in [3.8, 4) is 11.5 Å². The standard InChI is InChI=1S/C22H26N2O4/c1-16-4-5-18(14-17(16)2)22(26)24-12-10-23(11-13-24)21(25)15-28-20-8-6-19(27-3)7-9-20/h4-9,14H,10-13,15H2,1-3H3. The van der Waals surface area contributed by atoms with Crippen LogP contribution in [0.1, 0.15) is 21.5 Å². The molecule has 2 aromatic rings. The van der Waals surface area contributed by atoms with Crippen LogP contribution < -0.4 is 9.47 Å². The van der Waals surface area contributed by atoms with Crippen LogP contribution in [0.5, 0.6) is 11.5 Å². The Morgan fingerprint density at radius 3 is 2.07 bits per heavy atom. The molecule has 6 heteroatoms. The maximum absolute atomic E-state index is 12.7. The summed E-state index contributed by atoms with van der Waals surface area (Å²) < 4.78 is 10.7. The van der Waals surface area contributed by atoms with E-state index in [1.807, 2.05) is 32.0 Å². The molecule has 0 aromatic heterocycles. The molecular formula is C22H26N2O4. The molecule has 2 aromatic carbocycles. The Bertz CT molecular complexity index is 840. The average Bonchev–Trinajstić information content (AvgIpc) is 2.74. The van der Waals surface area contributed by atoms with Crippen LogP contribution in [0.2, 0.25) is 0 Å². The van der Waals surface area contributed by atoms with Crippen molar-refractivity contribution in [2.45, 2.75) is 13.8 Å². The van der Waals surface area contributed by atoms with E-state index in [4.69, 9.17) is 9.47 Å². The molecule has 0 spiro atoms. The van der Waals surface area contributed by atoms with E-state index < -0.39 is 0 Å². The third kappa shape index (κ3) is 4.63. The molecule has 148 valence electrons. The summed E-state index contributed by atoms with van der Waals surface area (Å²) >= 11 is 0. The van der Waals surface area contributed by atoms with Gasteiger partial charge in [-0.1, -0.05) is 6.07 Å². The van der Waals surface area contributed by atoms with Gasteiger partial charge in [-0.2, -0.15) is 0 Å². The molecule has 0 aliphatic carbocycles. The number of piperazine rings is 1. The minimum absolute atomic E-state index is 0.0164.